The lowest BCUT2D eigenvalue weighted by atomic mass is 9.80. The third kappa shape index (κ3) is 3.99. The van der Waals surface area contributed by atoms with Gasteiger partial charge in [-0.05, 0) is 27.7 Å². The molecule has 0 aliphatic heterocycles. The van der Waals surface area contributed by atoms with Crippen LogP contribution in [0.4, 0.5) is 61.5 Å². The molecule has 4 atom stereocenters. The van der Waals surface area contributed by atoms with E-state index in [9.17, 15) is 61.5 Å². The first-order valence-electron chi connectivity index (χ1n) is 7.64. The minimum absolute atomic E-state index is 0.280. The highest BCUT2D eigenvalue weighted by molar-refractivity contribution is 5.14. The molecular formula is C14H16F14O. The summed E-state index contributed by atoms with van der Waals surface area (Å²) >= 11 is 0. The summed E-state index contributed by atoms with van der Waals surface area (Å²) < 4.78 is 192. The van der Waals surface area contributed by atoms with Crippen LogP contribution >= 0.6 is 0 Å². The van der Waals surface area contributed by atoms with E-state index in [4.69, 9.17) is 0 Å². The zero-order valence-electron chi connectivity index (χ0n) is 15.0. The zero-order chi connectivity index (χ0) is 24.0. The van der Waals surface area contributed by atoms with Gasteiger partial charge in [0.15, 0.2) is 0 Å². The van der Waals surface area contributed by atoms with Gasteiger partial charge in [0.25, 0.3) is 0 Å². The Morgan fingerprint density at radius 3 is 0.724 bits per heavy atom. The van der Waals surface area contributed by atoms with E-state index < -0.39 is 60.1 Å². The van der Waals surface area contributed by atoms with Crippen LogP contribution in [0.25, 0.3) is 0 Å². The third-order valence-corrected chi connectivity index (χ3v) is 4.40. The average molecular weight is 466 g/mol. The van der Waals surface area contributed by atoms with E-state index in [0.717, 1.165) is 0 Å². The van der Waals surface area contributed by atoms with Crippen LogP contribution in [0.5, 0.6) is 0 Å². The molecule has 0 spiro atoms. The van der Waals surface area contributed by atoms with Crippen molar-refractivity contribution in [3.8, 4) is 0 Å². The Bertz CT molecular complexity index is 481. The lowest BCUT2D eigenvalue weighted by Gasteiger charge is -2.51. The molecule has 0 N–H and O–H groups in total. The quantitative estimate of drug-likeness (QED) is 0.381. The molecule has 0 radical (unpaired) electrons. The van der Waals surface area contributed by atoms with Gasteiger partial charge in [-0.1, -0.05) is 0 Å². The van der Waals surface area contributed by atoms with Crippen molar-refractivity contribution < 1.29 is 66.2 Å². The number of halogens is 14. The van der Waals surface area contributed by atoms with E-state index in [1.165, 1.54) is 0 Å². The predicted octanol–water partition coefficient (Wildman–Crippen LogP) is 6.31. The highest BCUT2D eigenvalue weighted by atomic mass is 19.4. The molecule has 0 rings (SSSR count). The van der Waals surface area contributed by atoms with Gasteiger partial charge in [0.2, 0.25) is 11.2 Å². The number of rotatable bonds is 8. The molecule has 0 aromatic rings. The van der Waals surface area contributed by atoms with Gasteiger partial charge in [-0.15, -0.1) is 0 Å². The molecule has 0 saturated carbocycles. The molecule has 0 aromatic heterocycles. The summed E-state index contributed by atoms with van der Waals surface area (Å²) in [7, 11) is 0. The highest BCUT2D eigenvalue weighted by Crippen LogP contribution is 2.57. The van der Waals surface area contributed by atoms with E-state index in [2.05, 4.69) is 4.74 Å². The number of hydrogen-bond acceptors (Lipinski definition) is 1. The first kappa shape index (κ1) is 28.0. The molecule has 15 heteroatoms. The summed E-state index contributed by atoms with van der Waals surface area (Å²) in [5.41, 5.74) is -11.0. The van der Waals surface area contributed by atoms with Crippen LogP contribution in [0, 0.1) is 0 Å². The Labute approximate surface area is 155 Å². The molecule has 29 heavy (non-hydrogen) atoms. The molecule has 4 unspecified atom stereocenters. The standard InChI is InChI=1S/C14H16F14O/c1-5(15)9(6(2)16,11(19,20)13(23,24)25)29-10(7(3)17,8(4)18)12(21,22)14(26,27)28/h5-8H,1-4H3. The van der Waals surface area contributed by atoms with Crippen molar-refractivity contribution in [2.75, 3.05) is 0 Å². The van der Waals surface area contributed by atoms with Crippen LogP contribution < -0.4 is 0 Å². The maximum absolute atomic E-state index is 14.0. The Hall–Kier alpha value is -1.02. The summed E-state index contributed by atoms with van der Waals surface area (Å²) in [6.45, 7) is -1.12. The van der Waals surface area contributed by atoms with Crippen LogP contribution in [-0.4, -0.2) is 60.1 Å². The summed E-state index contributed by atoms with van der Waals surface area (Å²) in [5, 5.41) is 0. The monoisotopic (exact) mass is 466 g/mol. The first-order valence-corrected chi connectivity index (χ1v) is 7.64. The largest absolute Gasteiger partial charge is 0.456 e. The third-order valence-electron chi connectivity index (χ3n) is 4.40. The van der Waals surface area contributed by atoms with Crippen LogP contribution in [-0.2, 0) is 4.74 Å². The van der Waals surface area contributed by atoms with Crippen molar-refractivity contribution in [1.82, 2.24) is 0 Å². The highest BCUT2D eigenvalue weighted by Gasteiger charge is 2.83. The molecule has 0 aliphatic rings. The van der Waals surface area contributed by atoms with Crippen molar-refractivity contribution in [2.24, 2.45) is 0 Å². The van der Waals surface area contributed by atoms with Gasteiger partial charge in [0.05, 0.1) is 0 Å². The number of ether oxygens (including phenoxy) is 1. The zero-order valence-corrected chi connectivity index (χ0v) is 15.0. The SMILES string of the molecule is CC(F)C(OC(C(C)F)(C(C)F)C(F)(F)C(F)(F)F)(C(C)F)C(F)(F)C(F)(F)F. The Morgan fingerprint density at radius 2 is 0.621 bits per heavy atom. The fraction of sp³-hybridized carbons (Fsp3) is 1.00. The van der Waals surface area contributed by atoms with Crippen molar-refractivity contribution in [2.45, 2.75) is 87.8 Å². The minimum atomic E-state index is -6.97. The number of hydrogen-bond donors (Lipinski definition) is 0. The van der Waals surface area contributed by atoms with E-state index in [0.29, 0.717) is 0 Å². The van der Waals surface area contributed by atoms with Gasteiger partial charge >= 0.3 is 24.2 Å². The lowest BCUT2D eigenvalue weighted by molar-refractivity contribution is -0.437. The van der Waals surface area contributed by atoms with Crippen LogP contribution in [0.3, 0.4) is 0 Å². The Balaban J connectivity index is 7.32. The van der Waals surface area contributed by atoms with E-state index in [1.807, 2.05) is 0 Å². The fourth-order valence-corrected chi connectivity index (χ4v) is 2.81. The van der Waals surface area contributed by atoms with Gasteiger partial charge in [-0.3, -0.25) is 0 Å². The van der Waals surface area contributed by atoms with E-state index in [-0.39, 0.29) is 27.7 Å². The van der Waals surface area contributed by atoms with Gasteiger partial charge in [0.1, 0.15) is 24.7 Å². The summed E-state index contributed by atoms with van der Waals surface area (Å²) in [5.74, 6) is -13.6. The second-order valence-electron chi connectivity index (χ2n) is 6.30. The Morgan fingerprint density at radius 1 is 0.448 bits per heavy atom. The lowest BCUT2D eigenvalue weighted by Crippen LogP contribution is -2.76. The molecule has 0 heterocycles. The Kier molecular flexibility index (Phi) is 7.63. The first-order chi connectivity index (χ1) is 12.5. The van der Waals surface area contributed by atoms with Gasteiger partial charge < -0.3 is 4.74 Å². The molecular weight excluding hydrogens is 450 g/mol. The molecule has 0 bridgehead atoms. The molecule has 0 aliphatic carbocycles. The van der Waals surface area contributed by atoms with Crippen molar-refractivity contribution in [3.05, 3.63) is 0 Å². The topological polar surface area (TPSA) is 9.23 Å². The second kappa shape index (κ2) is 7.91. The minimum Gasteiger partial charge on any atom is -0.343 e. The van der Waals surface area contributed by atoms with E-state index in [1.54, 1.807) is 0 Å². The number of alkyl halides is 14. The van der Waals surface area contributed by atoms with Gasteiger partial charge in [0, 0.05) is 0 Å². The molecule has 0 saturated heterocycles. The van der Waals surface area contributed by atoms with Crippen molar-refractivity contribution in [3.63, 3.8) is 0 Å². The summed E-state index contributed by atoms with van der Waals surface area (Å²) in [6, 6.07) is 0. The van der Waals surface area contributed by atoms with E-state index >= 15 is 0 Å². The second-order valence-corrected chi connectivity index (χ2v) is 6.30. The maximum atomic E-state index is 14.0. The van der Waals surface area contributed by atoms with Crippen molar-refractivity contribution >= 4 is 0 Å². The molecule has 0 aromatic carbocycles. The van der Waals surface area contributed by atoms with Crippen LogP contribution in [0.2, 0.25) is 0 Å². The summed E-state index contributed by atoms with van der Waals surface area (Å²) in [6.07, 6.45) is -29.8. The molecule has 0 amide bonds. The van der Waals surface area contributed by atoms with Gasteiger partial charge in [-0.2, -0.15) is 43.9 Å². The maximum Gasteiger partial charge on any atom is 0.456 e. The molecule has 176 valence electrons. The van der Waals surface area contributed by atoms with Crippen LogP contribution in [0.1, 0.15) is 27.7 Å². The molecule has 1 nitrogen and oxygen atoms in total. The smallest absolute Gasteiger partial charge is 0.343 e. The van der Waals surface area contributed by atoms with Crippen molar-refractivity contribution in [1.29, 1.82) is 0 Å². The fourth-order valence-electron chi connectivity index (χ4n) is 2.81. The normalized spacial score (nSPS) is 23.0. The van der Waals surface area contributed by atoms with Crippen LogP contribution in [0.15, 0.2) is 0 Å². The van der Waals surface area contributed by atoms with Gasteiger partial charge in [-0.25, -0.2) is 17.6 Å². The average Bonchev–Trinajstić information content (AvgIpc) is 2.43. The molecule has 0 fully saturated rings. The summed E-state index contributed by atoms with van der Waals surface area (Å²) in [4.78, 5) is 0. The predicted molar refractivity (Wildman–Crippen MR) is 70.8 cm³/mol.